The summed E-state index contributed by atoms with van der Waals surface area (Å²) < 4.78 is 54.9. The van der Waals surface area contributed by atoms with Crippen LogP contribution in [0.3, 0.4) is 0 Å². The van der Waals surface area contributed by atoms with Crippen LogP contribution >= 0.6 is 0 Å². The lowest BCUT2D eigenvalue weighted by Crippen LogP contribution is -2.55. The number of hydrogen-bond acceptors (Lipinski definition) is 7. The summed E-state index contributed by atoms with van der Waals surface area (Å²) in [5.41, 5.74) is -1.22. The van der Waals surface area contributed by atoms with Crippen molar-refractivity contribution in [2.24, 2.45) is 5.92 Å². The molecule has 0 aliphatic carbocycles. The summed E-state index contributed by atoms with van der Waals surface area (Å²) in [5.74, 6) is -3.10. The molecule has 8 nitrogen and oxygen atoms in total. The van der Waals surface area contributed by atoms with Gasteiger partial charge in [-0.25, -0.2) is 4.79 Å². The fourth-order valence-electron chi connectivity index (χ4n) is 4.99. The van der Waals surface area contributed by atoms with E-state index in [1.165, 1.54) is 30.9 Å². The monoisotopic (exact) mass is 563 g/mol. The third kappa shape index (κ3) is 7.40. The van der Waals surface area contributed by atoms with Gasteiger partial charge in [0.2, 0.25) is 0 Å². The van der Waals surface area contributed by atoms with Crippen molar-refractivity contribution >= 4 is 23.8 Å². The zero-order chi connectivity index (χ0) is 29.5. The average Bonchev–Trinajstić information content (AvgIpc) is 3.34. The van der Waals surface area contributed by atoms with Crippen LogP contribution in [-0.2, 0) is 47.8 Å². The van der Waals surface area contributed by atoms with Crippen molar-refractivity contribution in [3.8, 4) is 0 Å². The van der Waals surface area contributed by atoms with Crippen LogP contribution in [0.4, 0.5) is 18.0 Å². The number of Topliss-reactive ketones (excluding diaryl/α,β-unsaturated/α-hetero) is 1. The number of methoxy groups -OCH3 is 1. The number of carbonyl (C=O) groups is 4. The normalized spacial score (nSPS) is 18.5. The van der Waals surface area contributed by atoms with Gasteiger partial charge in [-0.15, -0.1) is 0 Å². The molecule has 0 spiro atoms. The molecule has 0 bridgehead atoms. The Bertz CT molecular complexity index is 1200. The number of hydrogen-bond donors (Lipinski definition) is 0. The van der Waals surface area contributed by atoms with Gasteiger partial charge in [0.1, 0.15) is 24.2 Å². The van der Waals surface area contributed by atoms with Gasteiger partial charge in [0.05, 0.1) is 12.7 Å². The van der Waals surface area contributed by atoms with Gasteiger partial charge in [0, 0.05) is 26.3 Å². The number of carbonyl (C=O) groups excluding carboxylic acids is 4. The van der Waals surface area contributed by atoms with Crippen LogP contribution in [0.25, 0.3) is 0 Å². The third-order valence-corrected chi connectivity index (χ3v) is 7.04. The van der Waals surface area contributed by atoms with Crippen LogP contribution in [0.15, 0.2) is 54.6 Å². The first-order valence-electron chi connectivity index (χ1n) is 12.8. The average molecular weight is 564 g/mol. The van der Waals surface area contributed by atoms with Gasteiger partial charge in [-0.1, -0.05) is 42.5 Å². The molecule has 1 unspecified atom stereocenters. The molecule has 2 aromatic carbocycles. The van der Waals surface area contributed by atoms with E-state index in [2.05, 4.69) is 0 Å². The zero-order valence-corrected chi connectivity index (χ0v) is 22.5. The molecule has 0 radical (unpaired) electrons. The minimum atomic E-state index is -4.53. The smallest absolute Gasteiger partial charge is 0.416 e. The highest BCUT2D eigenvalue weighted by Gasteiger charge is 2.51. The summed E-state index contributed by atoms with van der Waals surface area (Å²) in [6.07, 6.45) is -6.20. The van der Waals surface area contributed by atoms with E-state index in [4.69, 9.17) is 14.2 Å². The maximum absolute atomic E-state index is 14.0. The molecule has 0 N–H and O–H groups in total. The molecule has 0 saturated carbocycles. The van der Waals surface area contributed by atoms with Crippen LogP contribution in [-0.4, -0.2) is 54.0 Å². The van der Waals surface area contributed by atoms with Gasteiger partial charge in [-0.2, -0.15) is 13.2 Å². The molecule has 216 valence electrons. The van der Waals surface area contributed by atoms with Gasteiger partial charge in [0.15, 0.2) is 5.78 Å². The van der Waals surface area contributed by atoms with Crippen LogP contribution in [0, 0.1) is 5.92 Å². The summed E-state index contributed by atoms with van der Waals surface area (Å²) in [6, 6.07) is 13.3. The van der Waals surface area contributed by atoms with E-state index in [-0.39, 0.29) is 26.0 Å². The number of nitrogens with zero attached hydrogens (tertiary/aromatic N) is 1. The van der Waals surface area contributed by atoms with Gasteiger partial charge in [-0.05, 0) is 43.0 Å². The van der Waals surface area contributed by atoms with Gasteiger partial charge < -0.3 is 14.2 Å². The summed E-state index contributed by atoms with van der Waals surface area (Å²) >= 11 is 0. The Morgan fingerprint density at radius 3 is 2.23 bits per heavy atom. The molecule has 3 rings (SSSR count). The van der Waals surface area contributed by atoms with Crippen molar-refractivity contribution < 1.29 is 46.6 Å². The highest BCUT2D eigenvalue weighted by Crippen LogP contribution is 2.38. The number of halogens is 3. The van der Waals surface area contributed by atoms with Crippen molar-refractivity contribution in [1.29, 1.82) is 0 Å². The topological polar surface area (TPSA) is 99.2 Å². The molecule has 1 aliphatic rings. The van der Waals surface area contributed by atoms with Crippen molar-refractivity contribution in [2.75, 3.05) is 13.7 Å². The number of ether oxygens (including phenoxy) is 3. The molecule has 1 fully saturated rings. The van der Waals surface area contributed by atoms with E-state index in [1.54, 1.807) is 24.3 Å². The highest BCUT2D eigenvalue weighted by atomic mass is 19.4. The predicted octanol–water partition coefficient (Wildman–Crippen LogP) is 5.12. The number of amides is 1. The highest BCUT2D eigenvalue weighted by molar-refractivity contribution is 5.95. The molecular formula is C29H32F3NO7. The first-order valence-corrected chi connectivity index (χ1v) is 12.8. The Hall–Kier alpha value is -3.89. The second-order valence-corrected chi connectivity index (χ2v) is 9.77. The molecule has 1 saturated heterocycles. The number of alkyl halides is 3. The molecule has 3 atom stereocenters. The fourth-order valence-corrected chi connectivity index (χ4v) is 4.99. The molecule has 1 amide bonds. The molecular weight excluding hydrogens is 531 g/mol. The van der Waals surface area contributed by atoms with Crippen LogP contribution in [0.5, 0.6) is 0 Å². The van der Waals surface area contributed by atoms with Crippen LogP contribution in [0.2, 0.25) is 0 Å². The Kier molecular flexibility index (Phi) is 9.94. The number of likely N-dealkylation sites (tertiary alicyclic amines) is 1. The number of ketones is 1. The second kappa shape index (κ2) is 13.0. The lowest BCUT2D eigenvalue weighted by molar-refractivity contribution is -0.160. The largest absolute Gasteiger partial charge is 0.469 e. The Morgan fingerprint density at radius 2 is 1.65 bits per heavy atom. The molecule has 1 heterocycles. The van der Waals surface area contributed by atoms with E-state index in [0.29, 0.717) is 12.0 Å². The second-order valence-electron chi connectivity index (χ2n) is 9.77. The fraction of sp³-hybridized carbons (Fsp3) is 0.448. The van der Waals surface area contributed by atoms with Gasteiger partial charge >= 0.3 is 24.2 Å². The van der Waals surface area contributed by atoms with Gasteiger partial charge in [-0.3, -0.25) is 19.3 Å². The van der Waals surface area contributed by atoms with Crippen molar-refractivity contribution in [2.45, 2.75) is 64.0 Å². The molecule has 11 heteroatoms. The van der Waals surface area contributed by atoms with E-state index in [0.717, 1.165) is 24.8 Å². The molecule has 40 heavy (non-hydrogen) atoms. The first-order chi connectivity index (χ1) is 18.9. The first kappa shape index (κ1) is 30.6. The third-order valence-electron chi connectivity index (χ3n) is 7.04. The minimum absolute atomic E-state index is 0.0466. The summed E-state index contributed by atoms with van der Waals surface area (Å²) in [5, 5.41) is 0. The van der Waals surface area contributed by atoms with Crippen molar-refractivity contribution in [1.82, 2.24) is 4.90 Å². The number of benzene rings is 2. The van der Waals surface area contributed by atoms with E-state index >= 15 is 0 Å². The summed E-state index contributed by atoms with van der Waals surface area (Å²) in [6.45, 7) is 2.75. The molecule has 0 aromatic heterocycles. The van der Waals surface area contributed by atoms with Crippen molar-refractivity contribution in [3.05, 3.63) is 71.3 Å². The minimum Gasteiger partial charge on any atom is -0.469 e. The molecule has 2 aromatic rings. The summed E-state index contributed by atoms with van der Waals surface area (Å²) in [7, 11) is 1.14. The lowest BCUT2D eigenvalue weighted by atomic mass is 9.79. The number of esters is 2. The standard InChI is InChI=1S/C29H32F3NO7/c1-19(40-20(2)34)24(26(36)38-3)16-25(35)28(17-21-10-12-23(13-11-21)29(30,31)32)14-7-15-33(28)27(37)39-18-22-8-5-4-6-9-22/h4-6,8-13,19,24H,7,14-18H2,1-3H3/t19-,24+,28?/m1/s1. The Morgan fingerprint density at radius 1 is 1.00 bits per heavy atom. The molecule has 1 aliphatic heterocycles. The van der Waals surface area contributed by atoms with Crippen molar-refractivity contribution in [3.63, 3.8) is 0 Å². The van der Waals surface area contributed by atoms with Gasteiger partial charge in [0.25, 0.3) is 0 Å². The van der Waals surface area contributed by atoms with Crippen LogP contribution in [0.1, 0.15) is 49.8 Å². The lowest BCUT2D eigenvalue weighted by Gasteiger charge is -2.38. The summed E-state index contributed by atoms with van der Waals surface area (Å²) in [4.78, 5) is 52.7. The zero-order valence-electron chi connectivity index (χ0n) is 22.5. The van der Waals surface area contributed by atoms with E-state index < -0.39 is 59.5 Å². The Balaban J connectivity index is 1.94. The maximum Gasteiger partial charge on any atom is 0.416 e. The van der Waals surface area contributed by atoms with Crippen LogP contribution < -0.4 is 0 Å². The quantitative estimate of drug-likeness (QED) is 0.292. The Labute approximate surface area is 230 Å². The SMILES string of the molecule is COC(=O)[C@@H](CC(=O)C1(Cc2ccc(C(F)(F)F)cc2)CCCN1C(=O)OCc1ccccc1)[C@@H](C)OC(C)=O. The predicted molar refractivity (Wildman–Crippen MR) is 137 cm³/mol. The number of rotatable bonds is 10. The van der Waals surface area contributed by atoms with E-state index in [9.17, 15) is 32.3 Å². The maximum atomic E-state index is 14.0. The van der Waals surface area contributed by atoms with E-state index in [1.807, 2.05) is 6.07 Å².